The van der Waals surface area contributed by atoms with Gasteiger partial charge in [0.15, 0.2) is 15.8 Å². The Balaban J connectivity index is 0.00000261. The Hall–Kier alpha value is -1.82. The van der Waals surface area contributed by atoms with E-state index in [9.17, 15) is 8.42 Å². The summed E-state index contributed by atoms with van der Waals surface area (Å²) in [7, 11) is 0.376. The van der Waals surface area contributed by atoms with Crippen LogP contribution in [-0.2, 0) is 16.4 Å². The van der Waals surface area contributed by atoms with Crippen molar-refractivity contribution in [2.24, 2.45) is 4.99 Å². The number of rotatable bonds is 5. The molecular formula is C17H24IN5O3S. The van der Waals surface area contributed by atoms with Crippen LogP contribution in [0.3, 0.4) is 0 Å². The van der Waals surface area contributed by atoms with Crippen molar-refractivity contribution < 1.29 is 13.2 Å². The van der Waals surface area contributed by atoms with Crippen LogP contribution in [-0.4, -0.2) is 55.9 Å². The monoisotopic (exact) mass is 505 g/mol. The number of benzene rings is 1. The number of nitrogens with zero attached hydrogens (tertiary/aromatic N) is 3. The quantitative estimate of drug-likeness (QED) is 0.362. The number of hydrogen-bond donors (Lipinski definition) is 2. The van der Waals surface area contributed by atoms with Crippen molar-refractivity contribution in [1.29, 1.82) is 0 Å². The van der Waals surface area contributed by atoms with E-state index in [4.69, 9.17) is 4.74 Å². The van der Waals surface area contributed by atoms with Crippen LogP contribution in [0, 0.1) is 0 Å². The summed E-state index contributed by atoms with van der Waals surface area (Å²) in [6.45, 7) is 0.488. The zero-order chi connectivity index (χ0) is 18.6. The number of halogens is 1. The second-order valence-electron chi connectivity index (χ2n) is 6.12. The normalized spacial score (nSPS) is 18.6. The Bertz CT molecular complexity index is 880. The van der Waals surface area contributed by atoms with Crippen molar-refractivity contribution in [2.45, 2.75) is 19.0 Å². The third kappa shape index (κ3) is 5.83. The van der Waals surface area contributed by atoms with Gasteiger partial charge in [0.05, 0.1) is 36.5 Å². The lowest BCUT2D eigenvalue weighted by Gasteiger charge is -2.15. The first-order valence-electron chi connectivity index (χ1n) is 8.35. The van der Waals surface area contributed by atoms with E-state index in [1.54, 1.807) is 18.8 Å². The third-order valence-corrected chi connectivity index (χ3v) is 5.98. The predicted octanol–water partition coefficient (Wildman–Crippen LogP) is 1.35. The molecule has 148 valence electrons. The molecule has 1 saturated heterocycles. The zero-order valence-corrected chi connectivity index (χ0v) is 18.4. The fraction of sp³-hybridized carbons (Fsp3) is 0.412. The number of aromatic nitrogens is 2. The minimum Gasteiger partial charge on any atom is -0.497 e. The smallest absolute Gasteiger partial charge is 0.191 e. The minimum atomic E-state index is -2.92. The summed E-state index contributed by atoms with van der Waals surface area (Å²) in [5.41, 5.74) is 1.79. The van der Waals surface area contributed by atoms with Gasteiger partial charge in [-0.05, 0) is 36.8 Å². The number of aliphatic imine (C=N–C) groups is 1. The molecule has 2 N–H and O–H groups in total. The van der Waals surface area contributed by atoms with Gasteiger partial charge in [-0.1, -0.05) is 0 Å². The lowest BCUT2D eigenvalue weighted by Crippen LogP contribution is -2.43. The maximum absolute atomic E-state index is 11.5. The van der Waals surface area contributed by atoms with Crippen LogP contribution in [0.2, 0.25) is 0 Å². The largest absolute Gasteiger partial charge is 0.497 e. The van der Waals surface area contributed by atoms with E-state index in [-0.39, 0.29) is 41.5 Å². The van der Waals surface area contributed by atoms with E-state index in [1.807, 2.05) is 36.5 Å². The Kier molecular flexibility index (Phi) is 7.48. The van der Waals surface area contributed by atoms with Gasteiger partial charge in [-0.3, -0.25) is 4.99 Å². The molecule has 1 aromatic carbocycles. The Morgan fingerprint density at radius 1 is 1.33 bits per heavy atom. The van der Waals surface area contributed by atoms with E-state index in [0.29, 0.717) is 18.9 Å². The summed E-state index contributed by atoms with van der Waals surface area (Å²) >= 11 is 0. The molecule has 1 atom stereocenters. The van der Waals surface area contributed by atoms with Crippen LogP contribution in [0.5, 0.6) is 5.75 Å². The van der Waals surface area contributed by atoms with Crippen molar-refractivity contribution in [3.8, 4) is 11.4 Å². The summed E-state index contributed by atoms with van der Waals surface area (Å²) in [6.07, 6.45) is 2.49. The lowest BCUT2D eigenvalue weighted by atomic mass is 10.3. The summed E-state index contributed by atoms with van der Waals surface area (Å²) in [5, 5.41) is 10.9. The Morgan fingerprint density at radius 3 is 2.67 bits per heavy atom. The van der Waals surface area contributed by atoms with E-state index in [2.05, 4.69) is 20.7 Å². The molecule has 1 aromatic heterocycles. The first kappa shape index (κ1) is 21.5. The van der Waals surface area contributed by atoms with E-state index in [1.165, 1.54) is 0 Å². The van der Waals surface area contributed by atoms with E-state index < -0.39 is 9.84 Å². The third-order valence-electron chi connectivity index (χ3n) is 4.22. The predicted molar refractivity (Wildman–Crippen MR) is 116 cm³/mol. The highest BCUT2D eigenvalue weighted by molar-refractivity contribution is 14.0. The average Bonchev–Trinajstić information content (AvgIpc) is 3.25. The standard InChI is InChI=1S/C17H23N5O3S.HI/c1-18-17(20-14-8-10-26(23,24)12-14)19-11-13-7-9-22(21-13)15-3-5-16(25-2)6-4-15;/h3-7,9,14H,8,10-12H2,1-2H3,(H2,18,19,20);1H. The van der Waals surface area contributed by atoms with Gasteiger partial charge in [-0.15, -0.1) is 24.0 Å². The van der Waals surface area contributed by atoms with Crippen molar-refractivity contribution in [1.82, 2.24) is 20.4 Å². The van der Waals surface area contributed by atoms with Crippen LogP contribution in [0.1, 0.15) is 12.1 Å². The minimum absolute atomic E-state index is 0. The van der Waals surface area contributed by atoms with Crippen molar-refractivity contribution in [2.75, 3.05) is 25.7 Å². The topological polar surface area (TPSA) is 97.6 Å². The molecule has 27 heavy (non-hydrogen) atoms. The molecule has 8 nitrogen and oxygen atoms in total. The average molecular weight is 505 g/mol. The van der Waals surface area contributed by atoms with E-state index in [0.717, 1.165) is 17.1 Å². The summed E-state index contributed by atoms with van der Waals surface area (Å²) in [4.78, 5) is 4.15. The molecule has 10 heteroatoms. The van der Waals surface area contributed by atoms with Gasteiger partial charge >= 0.3 is 0 Å². The summed E-state index contributed by atoms with van der Waals surface area (Å²) in [5.74, 6) is 1.76. The molecule has 1 aliphatic heterocycles. The number of ether oxygens (including phenoxy) is 1. The van der Waals surface area contributed by atoms with Gasteiger partial charge in [0.1, 0.15) is 5.75 Å². The lowest BCUT2D eigenvalue weighted by molar-refractivity contribution is 0.414. The first-order valence-corrected chi connectivity index (χ1v) is 10.2. The molecule has 0 saturated carbocycles. The first-order chi connectivity index (χ1) is 12.5. The second-order valence-corrected chi connectivity index (χ2v) is 8.35. The maximum Gasteiger partial charge on any atom is 0.191 e. The van der Waals surface area contributed by atoms with Gasteiger partial charge in [0, 0.05) is 19.3 Å². The molecule has 3 rings (SSSR count). The van der Waals surface area contributed by atoms with E-state index >= 15 is 0 Å². The Morgan fingerprint density at radius 2 is 2.07 bits per heavy atom. The number of hydrogen-bond acceptors (Lipinski definition) is 5. The van der Waals surface area contributed by atoms with Gasteiger partial charge in [-0.2, -0.15) is 5.10 Å². The molecule has 2 aromatic rings. The molecule has 1 unspecified atom stereocenters. The van der Waals surface area contributed by atoms with Crippen LogP contribution in [0.15, 0.2) is 41.5 Å². The highest BCUT2D eigenvalue weighted by Crippen LogP contribution is 2.14. The second kappa shape index (κ2) is 9.40. The Labute approximate surface area is 176 Å². The van der Waals surface area contributed by atoms with Gasteiger partial charge in [0.25, 0.3) is 0 Å². The molecular weight excluding hydrogens is 481 g/mol. The highest BCUT2D eigenvalue weighted by atomic mass is 127. The molecule has 0 spiro atoms. The fourth-order valence-electron chi connectivity index (χ4n) is 2.81. The highest BCUT2D eigenvalue weighted by Gasteiger charge is 2.28. The number of sulfone groups is 1. The molecule has 0 radical (unpaired) electrons. The van der Waals surface area contributed by atoms with Crippen molar-refractivity contribution >= 4 is 39.8 Å². The van der Waals surface area contributed by atoms with Crippen LogP contribution >= 0.6 is 24.0 Å². The van der Waals surface area contributed by atoms with Crippen LogP contribution < -0.4 is 15.4 Å². The SMILES string of the molecule is CN=C(NCc1ccn(-c2ccc(OC)cc2)n1)NC1CCS(=O)(=O)C1.I. The number of guanidine groups is 1. The molecule has 0 amide bonds. The molecule has 0 aliphatic carbocycles. The van der Waals surface area contributed by atoms with Crippen LogP contribution in [0.25, 0.3) is 5.69 Å². The van der Waals surface area contributed by atoms with Crippen LogP contribution in [0.4, 0.5) is 0 Å². The van der Waals surface area contributed by atoms with Gasteiger partial charge < -0.3 is 15.4 Å². The fourth-order valence-corrected chi connectivity index (χ4v) is 4.48. The number of nitrogens with one attached hydrogen (secondary N) is 2. The molecule has 2 heterocycles. The van der Waals surface area contributed by atoms with Crippen molar-refractivity contribution in [3.05, 3.63) is 42.2 Å². The summed E-state index contributed by atoms with van der Waals surface area (Å²) in [6, 6.07) is 9.47. The number of methoxy groups -OCH3 is 1. The molecule has 0 bridgehead atoms. The summed E-state index contributed by atoms with van der Waals surface area (Å²) < 4.78 is 30.0. The van der Waals surface area contributed by atoms with Gasteiger partial charge in [-0.25, -0.2) is 13.1 Å². The van der Waals surface area contributed by atoms with Gasteiger partial charge in [0.2, 0.25) is 0 Å². The molecule has 1 fully saturated rings. The molecule has 1 aliphatic rings. The van der Waals surface area contributed by atoms with Crippen molar-refractivity contribution in [3.63, 3.8) is 0 Å². The zero-order valence-electron chi connectivity index (χ0n) is 15.3. The maximum atomic E-state index is 11.5.